The van der Waals surface area contributed by atoms with Crippen LogP contribution in [0.5, 0.6) is 0 Å². The van der Waals surface area contributed by atoms with E-state index >= 15 is 0 Å². The number of benzene rings is 1. The molecule has 1 saturated carbocycles. The molecule has 24 heavy (non-hydrogen) atoms. The summed E-state index contributed by atoms with van der Waals surface area (Å²) >= 11 is 0. The standard InChI is InChI=1S/C20H24N2.C2H6/c1-15-3-7-17(8-4-15)9-10-18-13-21-20(22-14-18)19-11-5-16(2)6-12-19;1-2/h3-4,7-10,13-14,16,19H,5-6,11-12H2,1-2H3;1-2H3/b10-9+;. The van der Waals surface area contributed by atoms with Crippen LogP contribution in [0.4, 0.5) is 0 Å². The fourth-order valence-electron chi connectivity index (χ4n) is 3.03. The molecule has 1 aromatic heterocycles. The third-order valence-electron chi connectivity index (χ3n) is 4.62. The number of rotatable bonds is 3. The molecule has 0 amide bonds. The van der Waals surface area contributed by atoms with Gasteiger partial charge in [-0.25, -0.2) is 9.97 Å². The van der Waals surface area contributed by atoms with E-state index in [1.54, 1.807) is 0 Å². The maximum absolute atomic E-state index is 4.59. The predicted octanol–water partition coefficient (Wildman–Crippen LogP) is 6.28. The van der Waals surface area contributed by atoms with E-state index in [0.717, 1.165) is 17.3 Å². The molecule has 2 heteroatoms. The average molecular weight is 322 g/mol. The molecule has 0 radical (unpaired) electrons. The number of hydrogen-bond acceptors (Lipinski definition) is 2. The smallest absolute Gasteiger partial charge is 0.131 e. The van der Waals surface area contributed by atoms with Crippen LogP contribution < -0.4 is 0 Å². The van der Waals surface area contributed by atoms with Crippen LogP contribution in [0.25, 0.3) is 12.2 Å². The SMILES string of the molecule is CC.Cc1ccc(/C=C/c2cnc(C3CCC(C)CC3)nc2)cc1. The molecule has 0 N–H and O–H groups in total. The monoisotopic (exact) mass is 322 g/mol. The van der Waals surface area contributed by atoms with Crippen LogP contribution in [-0.4, -0.2) is 9.97 Å². The zero-order valence-corrected chi connectivity index (χ0v) is 15.5. The van der Waals surface area contributed by atoms with Gasteiger partial charge in [-0.05, 0) is 31.2 Å². The maximum Gasteiger partial charge on any atom is 0.131 e. The molecule has 1 aliphatic carbocycles. The van der Waals surface area contributed by atoms with Crippen molar-refractivity contribution in [2.75, 3.05) is 0 Å². The lowest BCUT2D eigenvalue weighted by Crippen LogP contribution is -2.13. The molecule has 0 unspecified atom stereocenters. The van der Waals surface area contributed by atoms with Crippen LogP contribution in [0.3, 0.4) is 0 Å². The first kappa shape index (κ1) is 18.4. The summed E-state index contributed by atoms with van der Waals surface area (Å²) < 4.78 is 0. The van der Waals surface area contributed by atoms with Gasteiger partial charge in [0.2, 0.25) is 0 Å². The van der Waals surface area contributed by atoms with Crippen LogP contribution in [0.2, 0.25) is 0 Å². The third-order valence-corrected chi connectivity index (χ3v) is 4.62. The van der Waals surface area contributed by atoms with Gasteiger partial charge in [-0.3, -0.25) is 0 Å². The number of aryl methyl sites for hydroxylation is 1. The van der Waals surface area contributed by atoms with E-state index in [1.807, 2.05) is 26.2 Å². The minimum Gasteiger partial charge on any atom is -0.240 e. The maximum atomic E-state index is 4.59. The molecule has 0 spiro atoms. The summed E-state index contributed by atoms with van der Waals surface area (Å²) in [5.74, 6) is 2.46. The highest BCUT2D eigenvalue weighted by Crippen LogP contribution is 2.33. The van der Waals surface area contributed by atoms with Crippen molar-refractivity contribution in [3.05, 3.63) is 59.2 Å². The second-order valence-corrected chi connectivity index (χ2v) is 6.58. The molecule has 1 aromatic carbocycles. The van der Waals surface area contributed by atoms with Crippen molar-refractivity contribution in [1.29, 1.82) is 0 Å². The van der Waals surface area contributed by atoms with Gasteiger partial charge in [0, 0.05) is 23.9 Å². The van der Waals surface area contributed by atoms with E-state index in [9.17, 15) is 0 Å². The van der Waals surface area contributed by atoms with Gasteiger partial charge < -0.3 is 0 Å². The zero-order chi connectivity index (χ0) is 17.4. The Balaban J connectivity index is 0.00000100. The van der Waals surface area contributed by atoms with Crippen LogP contribution >= 0.6 is 0 Å². The Morgan fingerprint density at radius 3 is 1.96 bits per heavy atom. The van der Waals surface area contributed by atoms with Gasteiger partial charge in [0.15, 0.2) is 0 Å². The van der Waals surface area contributed by atoms with Crippen molar-refractivity contribution in [1.82, 2.24) is 9.97 Å². The largest absolute Gasteiger partial charge is 0.240 e. The topological polar surface area (TPSA) is 25.8 Å². The van der Waals surface area contributed by atoms with Gasteiger partial charge in [0.1, 0.15) is 5.82 Å². The molecule has 0 saturated heterocycles. The van der Waals surface area contributed by atoms with Crippen LogP contribution in [0.15, 0.2) is 36.7 Å². The third kappa shape index (κ3) is 5.30. The lowest BCUT2D eigenvalue weighted by atomic mass is 9.82. The van der Waals surface area contributed by atoms with E-state index < -0.39 is 0 Å². The first-order chi connectivity index (χ1) is 11.7. The second-order valence-electron chi connectivity index (χ2n) is 6.58. The Labute approximate surface area is 147 Å². The highest BCUT2D eigenvalue weighted by atomic mass is 14.9. The van der Waals surface area contributed by atoms with Gasteiger partial charge in [0.25, 0.3) is 0 Å². The zero-order valence-electron chi connectivity index (χ0n) is 15.5. The quantitative estimate of drug-likeness (QED) is 0.665. The minimum atomic E-state index is 0.561. The van der Waals surface area contributed by atoms with Crippen molar-refractivity contribution in [2.45, 2.75) is 59.3 Å². The molecule has 1 fully saturated rings. The molecule has 0 aliphatic heterocycles. The normalized spacial score (nSPS) is 20.5. The van der Waals surface area contributed by atoms with E-state index in [-0.39, 0.29) is 0 Å². The van der Waals surface area contributed by atoms with Gasteiger partial charge in [-0.1, -0.05) is 75.6 Å². The van der Waals surface area contributed by atoms with Crippen molar-refractivity contribution in [3.63, 3.8) is 0 Å². The van der Waals surface area contributed by atoms with Crippen LogP contribution in [0.1, 0.15) is 74.9 Å². The van der Waals surface area contributed by atoms with Gasteiger partial charge in [0.05, 0.1) is 0 Å². The highest BCUT2D eigenvalue weighted by Gasteiger charge is 2.21. The van der Waals surface area contributed by atoms with Crippen LogP contribution in [0, 0.1) is 12.8 Å². The summed E-state index contributed by atoms with van der Waals surface area (Å²) in [7, 11) is 0. The summed E-state index contributed by atoms with van der Waals surface area (Å²) in [5.41, 5.74) is 3.55. The molecule has 2 nitrogen and oxygen atoms in total. The minimum absolute atomic E-state index is 0.561. The lowest BCUT2D eigenvalue weighted by molar-refractivity contribution is 0.339. The molecular formula is C22H30N2. The molecule has 3 rings (SSSR count). The molecule has 0 bridgehead atoms. The lowest BCUT2D eigenvalue weighted by Gasteiger charge is -2.24. The summed E-state index contributed by atoms with van der Waals surface area (Å²) in [6.45, 7) is 8.45. The summed E-state index contributed by atoms with van der Waals surface area (Å²) in [6, 6.07) is 8.52. The van der Waals surface area contributed by atoms with Gasteiger partial charge in [-0.15, -0.1) is 0 Å². The Morgan fingerprint density at radius 2 is 1.38 bits per heavy atom. The summed E-state index contributed by atoms with van der Waals surface area (Å²) in [4.78, 5) is 9.18. The fourth-order valence-corrected chi connectivity index (χ4v) is 3.03. The van der Waals surface area contributed by atoms with E-state index in [2.05, 4.69) is 60.2 Å². The van der Waals surface area contributed by atoms with Crippen molar-refractivity contribution < 1.29 is 0 Å². The molecule has 1 heterocycles. The highest BCUT2D eigenvalue weighted by molar-refractivity contribution is 5.68. The Kier molecular flexibility index (Phi) is 7.17. The number of hydrogen-bond donors (Lipinski definition) is 0. The Morgan fingerprint density at radius 1 is 0.833 bits per heavy atom. The number of nitrogens with zero attached hydrogens (tertiary/aromatic N) is 2. The first-order valence-corrected chi connectivity index (χ1v) is 9.27. The summed E-state index contributed by atoms with van der Waals surface area (Å²) in [5, 5.41) is 0. The molecule has 1 aliphatic rings. The van der Waals surface area contributed by atoms with E-state index in [4.69, 9.17) is 0 Å². The van der Waals surface area contributed by atoms with Crippen LogP contribution in [-0.2, 0) is 0 Å². The van der Waals surface area contributed by atoms with Gasteiger partial charge in [-0.2, -0.15) is 0 Å². The second kappa shape index (κ2) is 9.36. The predicted molar refractivity (Wildman–Crippen MR) is 104 cm³/mol. The summed E-state index contributed by atoms with van der Waals surface area (Å²) in [6.07, 6.45) is 13.2. The van der Waals surface area contributed by atoms with Crippen molar-refractivity contribution in [3.8, 4) is 0 Å². The number of aromatic nitrogens is 2. The van der Waals surface area contributed by atoms with Crippen molar-refractivity contribution >= 4 is 12.2 Å². The average Bonchev–Trinajstić information content (AvgIpc) is 2.64. The first-order valence-electron chi connectivity index (χ1n) is 9.27. The molecular weight excluding hydrogens is 292 g/mol. The Hall–Kier alpha value is -1.96. The Bertz CT molecular complexity index is 618. The molecule has 2 aromatic rings. The fraction of sp³-hybridized carbons (Fsp3) is 0.455. The van der Waals surface area contributed by atoms with Crippen molar-refractivity contribution in [2.24, 2.45) is 5.92 Å². The van der Waals surface area contributed by atoms with E-state index in [1.165, 1.54) is 36.8 Å². The van der Waals surface area contributed by atoms with E-state index in [0.29, 0.717) is 5.92 Å². The molecule has 128 valence electrons. The molecule has 0 atom stereocenters. The van der Waals surface area contributed by atoms with Gasteiger partial charge >= 0.3 is 0 Å².